The topological polar surface area (TPSA) is 96.0 Å². The van der Waals surface area contributed by atoms with Crippen LogP contribution in [0, 0.1) is 5.92 Å². The van der Waals surface area contributed by atoms with Gasteiger partial charge in [-0.2, -0.15) is 0 Å². The molecule has 0 aliphatic rings. The largest absolute Gasteiger partial charge is 0.494 e. The highest BCUT2D eigenvalue weighted by molar-refractivity contribution is 9.10. The molecule has 0 aromatic heterocycles. The molecule has 1 N–H and O–H groups in total. The van der Waals surface area contributed by atoms with Crippen LogP contribution in [0.3, 0.4) is 0 Å². The summed E-state index contributed by atoms with van der Waals surface area (Å²) in [4.78, 5) is 27.7. The normalized spacial score (nSPS) is 12.2. The molecule has 2 aromatic carbocycles. The lowest BCUT2D eigenvalue weighted by Gasteiger charge is -2.29. The van der Waals surface area contributed by atoms with Crippen molar-refractivity contribution in [3.05, 3.63) is 58.6 Å². The van der Waals surface area contributed by atoms with Gasteiger partial charge < -0.3 is 15.0 Å². The summed E-state index contributed by atoms with van der Waals surface area (Å²) < 4.78 is 32.6. The van der Waals surface area contributed by atoms with Crippen molar-refractivity contribution in [2.45, 2.75) is 53.1 Å². The maximum atomic E-state index is 13.4. The number of nitrogens with zero attached hydrogens (tertiary/aromatic N) is 2. The number of rotatable bonds is 14. The lowest BCUT2D eigenvalue weighted by atomic mass is 10.1. The molecule has 1 unspecified atom stereocenters. The molecule has 0 fully saturated rings. The Morgan fingerprint density at radius 2 is 1.76 bits per heavy atom. The third-order valence-corrected chi connectivity index (χ3v) is 7.37. The van der Waals surface area contributed by atoms with Crippen molar-refractivity contribution in [1.82, 2.24) is 10.2 Å². The van der Waals surface area contributed by atoms with Crippen LogP contribution in [0.2, 0.25) is 0 Å². The highest BCUT2D eigenvalue weighted by Crippen LogP contribution is 2.23. The minimum atomic E-state index is -3.56. The van der Waals surface area contributed by atoms with Gasteiger partial charge in [-0.05, 0) is 68.1 Å². The predicted molar refractivity (Wildman–Crippen MR) is 151 cm³/mol. The molecule has 10 heteroatoms. The first kappa shape index (κ1) is 30.6. The molecular weight excluding hydrogens is 558 g/mol. The monoisotopic (exact) mass is 595 g/mol. The van der Waals surface area contributed by atoms with Gasteiger partial charge >= 0.3 is 0 Å². The maximum Gasteiger partial charge on any atom is 0.242 e. The second-order valence-electron chi connectivity index (χ2n) is 9.33. The molecule has 2 rings (SSSR count). The van der Waals surface area contributed by atoms with Crippen LogP contribution in [0.15, 0.2) is 53.0 Å². The average molecular weight is 597 g/mol. The van der Waals surface area contributed by atoms with Crippen LogP contribution in [-0.4, -0.2) is 57.1 Å². The molecule has 8 nitrogen and oxygen atoms in total. The van der Waals surface area contributed by atoms with Crippen molar-refractivity contribution in [2.24, 2.45) is 5.92 Å². The van der Waals surface area contributed by atoms with Gasteiger partial charge in [0.05, 0.1) is 18.6 Å². The SMILES string of the molecule is CCOc1ccc(N(CCCC(=O)N(Cc2cccc(Br)c2)C(C)C(=O)NCC(C)C)S(C)(=O)=O)cc1. The molecule has 2 aromatic rings. The Bertz CT molecular complexity index is 1140. The number of carbonyl (C=O) groups excluding carboxylic acids is 2. The van der Waals surface area contributed by atoms with Gasteiger partial charge in [-0.15, -0.1) is 0 Å². The van der Waals surface area contributed by atoms with Crippen molar-refractivity contribution in [1.29, 1.82) is 0 Å². The number of hydrogen-bond donors (Lipinski definition) is 1. The van der Waals surface area contributed by atoms with E-state index in [1.54, 1.807) is 36.1 Å². The molecule has 0 heterocycles. The van der Waals surface area contributed by atoms with Crippen LogP contribution in [0.5, 0.6) is 5.75 Å². The minimum absolute atomic E-state index is 0.0961. The van der Waals surface area contributed by atoms with Gasteiger partial charge in [0, 0.05) is 30.5 Å². The molecule has 2 amide bonds. The van der Waals surface area contributed by atoms with E-state index in [9.17, 15) is 18.0 Å². The quantitative estimate of drug-likeness (QED) is 0.345. The molecule has 1 atom stereocenters. The Hall–Kier alpha value is -2.59. The molecule has 0 aliphatic carbocycles. The third kappa shape index (κ3) is 10.0. The Morgan fingerprint density at radius 1 is 1.08 bits per heavy atom. The second-order valence-corrected chi connectivity index (χ2v) is 12.2. The zero-order valence-electron chi connectivity index (χ0n) is 22.2. The van der Waals surface area contributed by atoms with Crippen molar-refractivity contribution in [3.8, 4) is 5.75 Å². The van der Waals surface area contributed by atoms with Crippen LogP contribution < -0.4 is 14.4 Å². The highest BCUT2D eigenvalue weighted by atomic mass is 79.9. The van der Waals surface area contributed by atoms with Crippen molar-refractivity contribution in [3.63, 3.8) is 0 Å². The van der Waals surface area contributed by atoms with Gasteiger partial charge in [-0.25, -0.2) is 8.42 Å². The molecule has 204 valence electrons. The zero-order valence-corrected chi connectivity index (χ0v) is 24.6. The van der Waals surface area contributed by atoms with E-state index >= 15 is 0 Å². The van der Waals surface area contributed by atoms with Gasteiger partial charge in [0.15, 0.2) is 0 Å². The summed E-state index contributed by atoms with van der Waals surface area (Å²) in [5, 5.41) is 2.90. The molecule has 0 saturated carbocycles. The summed E-state index contributed by atoms with van der Waals surface area (Å²) in [5.41, 5.74) is 1.39. The van der Waals surface area contributed by atoms with Crippen LogP contribution >= 0.6 is 15.9 Å². The fourth-order valence-corrected chi connectivity index (χ4v) is 5.16. The molecule has 0 bridgehead atoms. The second kappa shape index (κ2) is 14.4. The Labute approximate surface area is 229 Å². The third-order valence-electron chi connectivity index (χ3n) is 5.68. The first-order chi connectivity index (χ1) is 17.4. The van der Waals surface area contributed by atoms with Gasteiger partial charge in [0.1, 0.15) is 11.8 Å². The van der Waals surface area contributed by atoms with E-state index in [4.69, 9.17) is 4.74 Å². The molecule has 0 spiro atoms. The fourth-order valence-electron chi connectivity index (χ4n) is 3.75. The number of sulfonamides is 1. The molecule has 0 aliphatic heterocycles. The Balaban J connectivity index is 2.15. The zero-order chi connectivity index (χ0) is 27.6. The maximum absolute atomic E-state index is 13.4. The molecule has 37 heavy (non-hydrogen) atoms. The minimum Gasteiger partial charge on any atom is -0.494 e. The molecular formula is C27H38BrN3O5S. The standard InChI is InChI=1S/C27H38BrN3O5S/c1-6-36-25-14-12-24(13-15-25)31(37(5,34)35)16-8-11-26(32)30(19-22-9-7-10-23(28)17-22)21(4)27(33)29-18-20(2)3/h7,9-10,12-15,17,20-21H,6,8,11,16,18-19H2,1-5H3,(H,29,33). The number of hydrogen-bond acceptors (Lipinski definition) is 5. The Kier molecular flexibility index (Phi) is 11.9. The summed E-state index contributed by atoms with van der Waals surface area (Å²) in [6.07, 6.45) is 1.54. The number of carbonyl (C=O) groups is 2. The number of ether oxygens (including phenoxy) is 1. The smallest absolute Gasteiger partial charge is 0.242 e. The van der Waals surface area contributed by atoms with Crippen molar-refractivity contribution < 1.29 is 22.7 Å². The molecule has 0 saturated heterocycles. The summed E-state index contributed by atoms with van der Waals surface area (Å²) >= 11 is 3.45. The number of nitrogens with one attached hydrogen (secondary N) is 1. The fraction of sp³-hybridized carbons (Fsp3) is 0.481. The van der Waals surface area contributed by atoms with Crippen LogP contribution in [-0.2, 0) is 26.2 Å². The number of halogens is 1. The Morgan fingerprint density at radius 3 is 2.32 bits per heavy atom. The first-order valence-corrected chi connectivity index (χ1v) is 15.1. The lowest BCUT2D eigenvalue weighted by Crippen LogP contribution is -2.48. The highest BCUT2D eigenvalue weighted by Gasteiger charge is 2.26. The molecule has 0 radical (unpaired) electrons. The van der Waals surface area contributed by atoms with E-state index in [2.05, 4.69) is 21.2 Å². The van der Waals surface area contributed by atoms with Crippen LogP contribution in [0.4, 0.5) is 5.69 Å². The van der Waals surface area contributed by atoms with Gasteiger partial charge in [-0.1, -0.05) is 41.9 Å². The van der Waals surface area contributed by atoms with Crippen molar-refractivity contribution >= 4 is 43.5 Å². The first-order valence-electron chi connectivity index (χ1n) is 12.4. The van der Waals surface area contributed by atoms with E-state index in [1.165, 1.54) is 4.31 Å². The van der Waals surface area contributed by atoms with Crippen molar-refractivity contribution in [2.75, 3.05) is 30.3 Å². The predicted octanol–water partition coefficient (Wildman–Crippen LogP) is 4.58. The van der Waals surface area contributed by atoms with Gasteiger partial charge in [0.2, 0.25) is 21.8 Å². The summed E-state index contributed by atoms with van der Waals surface area (Å²) in [6, 6.07) is 13.7. The summed E-state index contributed by atoms with van der Waals surface area (Å²) in [5.74, 6) is 0.509. The van der Waals surface area contributed by atoms with Gasteiger partial charge in [-0.3, -0.25) is 13.9 Å². The van der Waals surface area contributed by atoms with Gasteiger partial charge in [0.25, 0.3) is 0 Å². The number of amides is 2. The van der Waals surface area contributed by atoms with E-state index in [0.717, 1.165) is 16.3 Å². The van der Waals surface area contributed by atoms with Crippen LogP contribution in [0.25, 0.3) is 0 Å². The summed E-state index contributed by atoms with van der Waals surface area (Å²) in [6.45, 7) is 9.05. The van der Waals surface area contributed by atoms with Crippen LogP contribution in [0.1, 0.15) is 46.1 Å². The summed E-state index contributed by atoms with van der Waals surface area (Å²) in [7, 11) is -3.56. The van der Waals surface area contributed by atoms with E-state index in [-0.39, 0.29) is 37.2 Å². The average Bonchev–Trinajstić information content (AvgIpc) is 2.83. The number of benzene rings is 2. The lowest BCUT2D eigenvalue weighted by molar-refractivity contribution is -0.140. The number of anilines is 1. The van der Waals surface area contributed by atoms with E-state index in [0.29, 0.717) is 31.0 Å². The van der Waals surface area contributed by atoms with E-state index < -0.39 is 16.1 Å². The van der Waals surface area contributed by atoms with E-state index in [1.807, 2.05) is 45.0 Å².